The van der Waals surface area contributed by atoms with E-state index in [1.54, 1.807) is 85.3 Å². The number of hydrogen-bond donors (Lipinski definition) is 0. The third kappa shape index (κ3) is 59.3. The Morgan fingerprint density at radius 3 is 1.09 bits per heavy atom. The number of halogens is 4. The molecule has 0 aromatic rings. The van der Waals surface area contributed by atoms with Crippen molar-refractivity contribution in [1.29, 1.82) is 0 Å². The maximum atomic E-state index is 12.6. The monoisotopic (exact) mass is 1140 g/mol. The highest BCUT2D eigenvalue weighted by molar-refractivity contribution is 4.86. The van der Waals surface area contributed by atoms with Crippen molar-refractivity contribution in [2.24, 2.45) is 5.92 Å². The second-order valence-electron chi connectivity index (χ2n) is 13.5. The Hall–Kier alpha value is -2.40. The average Bonchev–Trinajstić information content (AvgIpc) is 3.42. The fourth-order valence-electron chi connectivity index (χ4n) is 4.34. The fourth-order valence-corrected chi connectivity index (χ4v) is 4.34. The van der Waals surface area contributed by atoms with Gasteiger partial charge in [0.15, 0.2) is 18.8 Å². The van der Waals surface area contributed by atoms with E-state index >= 15 is 0 Å². The average molecular weight is 1140 g/mol. The van der Waals surface area contributed by atoms with Gasteiger partial charge in [-0.05, 0) is 27.7 Å². The van der Waals surface area contributed by atoms with Crippen LogP contribution in [0.3, 0.4) is 0 Å². The molecule has 0 aliphatic carbocycles. The Kier molecular flexibility index (Phi) is 81.5. The van der Waals surface area contributed by atoms with Crippen LogP contribution in [-0.4, -0.2) is 265 Å². The van der Waals surface area contributed by atoms with Crippen LogP contribution >= 0.6 is 0 Å². The molecule has 0 aliphatic heterocycles. The number of alkyl halides is 4. The molecule has 24 nitrogen and oxygen atoms in total. The Morgan fingerprint density at radius 1 is 0.461 bits per heavy atom. The van der Waals surface area contributed by atoms with Gasteiger partial charge in [0, 0.05) is 147 Å². The van der Waals surface area contributed by atoms with E-state index in [2.05, 4.69) is 39.7 Å². The van der Waals surface area contributed by atoms with Crippen molar-refractivity contribution in [3.05, 3.63) is 24.5 Å². The van der Waals surface area contributed by atoms with Gasteiger partial charge < -0.3 is 114 Å². The first-order chi connectivity index (χ1) is 36.1. The van der Waals surface area contributed by atoms with Gasteiger partial charge in [0.25, 0.3) is 6.48 Å². The van der Waals surface area contributed by atoms with E-state index in [1.807, 2.05) is 27.7 Å². The minimum atomic E-state index is -4.10. The highest BCUT2D eigenvalue weighted by atomic mass is 19.3. The smallest absolute Gasteiger partial charge is 0.390 e. The lowest BCUT2D eigenvalue weighted by Crippen LogP contribution is -2.50. The van der Waals surface area contributed by atoms with E-state index in [1.165, 1.54) is 48.9 Å². The van der Waals surface area contributed by atoms with Crippen LogP contribution < -0.4 is 0 Å². The van der Waals surface area contributed by atoms with E-state index in [0.29, 0.717) is 98.4 Å². The summed E-state index contributed by atoms with van der Waals surface area (Å²) in [5.41, 5.74) is 0. The third-order valence-electron chi connectivity index (χ3n) is 8.12. The maximum absolute atomic E-state index is 12.6. The number of ether oxygens (including phenoxy) is 24. The highest BCUT2D eigenvalue weighted by Gasteiger charge is 2.57. The molecule has 0 aliphatic rings. The number of hydrogen-bond acceptors (Lipinski definition) is 24. The van der Waals surface area contributed by atoms with Crippen LogP contribution in [0.15, 0.2) is 24.5 Å². The molecule has 28 heteroatoms. The van der Waals surface area contributed by atoms with Gasteiger partial charge in [-0.15, -0.1) is 0 Å². The lowest BCUT2D eigenvalue weighted by molar-refractivity contribution is -0.378. The summed E-state index contributed by atoms with van der Waals surface area (Å²) in [6, 6.07) is 0. The Morgan fingerprint density at radius 2 is 0.882 bits per heavy atom. The largest absolute Gasteiger partial charge is 0.497 e. The summed E-state index contributed by atoms with van der Waals surface area (Å²) in [5, 5.41) is 0. The summed E-state index contributed by atoms with van der Waals surface area (Å²) in [4.78, 5) is 0. The van der Waals surface area contributed by atoms with Gasteiger partial charge in [-0.3, -0.25) is 0 Å². The molecule has 76 heavy (non-hydrogen) atoms. The van der Waals surface area contributed by atoms with Crippen molar-refractivity contribution in [3.8, 4) is 0 Å². The zero-order valence-electron chi connectivity index (χ0n) is 50.6. The Labute approximate surface area is 453 Å². The Bertz CT molecular complexity index is 1080. The molecule has 468 valence electrons. The highest BCUT2D eigenvalue weighted by Crippen LogP contribution is 2.34. The van der Waals surface area contributed by atoms with Gasteiger partial charge in [0.1, 0.15) is 18.0 Å². The van der Waals surface area contributed by atoms with E-state index in [-0.39, 0.29) is 24.8 Å². The van der Waals surface area contributed by atoms with Crippen molar-refractivity contribution in [1.82, 2.24) is 0 Å². The second kappa shape index (κ2) is 68.7. The van der Waals surface area contributed by atoms with Crippen molar-refractivity contribution in [2.75, 3.05) is 209 Å². The second-order valence-corrected chi connectivity index (χ2v) is 13.5. The van der Waals surface area contributed by atoms with Crippen LogP contribution in [0.25, 0.3) is 0 Å². The molecule has 0 saturated heterocycles. The quantitative estimate of drug-likeness (QED) is 0.0391. The molecule has 0 aromatic heterocycles. The summed E-state index contributed by atoms with van der Waals surface area (Å²) >= 11 is 0. The SMILES string of the molecule is C=C(OC)C(OC)OCC.CCO/C(=C\OC)OC.CCOC(OC)C(C)OC.COC(C(F)(F)OC)C(F)(F)OC.COC(OC)OC.COCC(COC)COC.COCC(COC)OC.COCC(OC)OC. The first kappa shape index (κ1) is 90.1. The molecule has 3 unspecified atom stereocenters. The molecule has 0 spiro atoms. The van der Waals surface area contributed by atoms with Crippen molar-refractivity contribution < 1.29 is 131 Å². The first-order valence-corrected chi connectivity index (χ1v) is 23.0. The van der Waals surface area contributed by atoms with Crippen LogP contribution in [-0.2, 0) is 114 Å². The van der Waals surface area contributed by atoms with Crippen molar-refractivity contribution >= 4 is 0 Å². The van der Waals surface area contributed by atoms with Gasteiger partial charge >= 0.3 is 18.2 Å². The molecule has 3 atom stereocenters. The summed E-state index contributed by atoms with van der Waals surface area (Å²) < 4.78 is 163. The van der Waals surface area contributed by atoms with Crippen LogP contribution in [0.2, 0.25) is 0 Å². The summed E-state index contributed by atoms with van der Waals surface area (Å²) in [5.74, 6) is 1.25. The van der Waals surface area contributed by atoms with Crippen molar-refractivity contribution in [3.63, 3.8) is 0 Å². The molecule has 0 amide bonds. The fraction of sp³-hybridized carbons (Fsp3) is 0.917. The van der Waals surface area contributed by atoms with Gasteiger partial charge in [0.2, 0.25) is 12.4 Å². The van der Waals surface area contributed by atoms with Gasteiger partial charge in [-0.25, -0.2) is 0 Å². The van der Waals surface area contributed by atoms with Gasteiger partial charge in [0.05, 0.1) is 67.6 Å². The van der Waals surface area contributed by atoms with E-state index in [0.717, 1.165) is 0 Å². The summed E-state index contributed by atoms with van der Waals surface area (Å²) in [6.07, 6.45) is -10.4. The minimum Gasteiger partial charge on any atom is -0.497 e. The molecular weight excluding hydrogens is 1040 g/mol. The Balaban J connectivity index is -0.000000117. The summed E-state index contributed by atoms with van der Waals surface area (Å²) in [7, 11) is 30.5. The molecule has 0 rings (SSSR count). The van der Waals surface area contributed by atoms with Crippen LogP contribution in [0.1, 0.15) is 27.7 Å². The molecule has 0 bridgehead atoms. The van der Waals surface area contributed by atoms with Gasteiger partial charge in [-0.1, -0.05) is 6.58 Å². The third-order valence-corrected chi connectivity index (χ3v) is 8.12. The molecular formula is C48H104F4O24. The summed E-state index contributed by atoms with van der Waals surface area (Å²) in [6.45, 7) is 16.2. The first-order valence-electron chi connectivity index (χ1n) is 23.0. The van der Waals surface area contributed by atoms with Crippen LogP contribution in [0, 0.1) is 5.92 Å². The zero-order chi connectivity index (χ0) is 60.8. The molecule has 0 radical (unpaired) electrons. The van der Waals surface area contributed by atoms with Crippen LogP contribution in [0.4, 0.5) is 17.6 Å². The zero-order valence-corrected chi connectivity index (χ0v) is 50.6. The van der Waals surface area contributed by atoms with Gasteiger partial charge in [-0.2, -0.15) is 17.6 Å². The van der Waals surface area contributed by atoms with Crippen LogP contribution in [0.5, 0.6) is 0 Å². The topological polar surface area (TPSA) is 222 Å². The van der Waals surface area contributed by atoms with E-state index in [4.69, 9.17) is 80.5 Å². The molecule has 0 aromatic carbocycles. The normalized spacial score (nSPS) is 12.3. The molecule has 0 saturated carbocycles. The van der Waals surface area contributed by atoms with E-state index < -0.39 is 31.1 Å². The minimum absolute atomic E-state index is 0.00931. The predicted molar refractivity (Wildman–Crippen MR) is 274 cm³/mol. The molecule has 0 fully saturated rings. The maximum Gasteiger partial charge on any atom is 0.390 e. The molecule has 0 N–H and O–H groups in total. The molecule has 0 heterocycles. The number of rotatable bonds is 37. The lowest BCUT2D eigenvalue weighted by Gasteiger charge is -2.28. The predicted octanol–water partition coefficient (Wildman–Crippen LogP) is 6.08. The standard InChI is InChI=1S/2C7H16O3.C7H14O3.C6H10F4O3.C6H14O3.C6H12O3.C5H12O3.C4H10O3/c1-8-4-7(5-9-2)6-10-3;2*1-5-10-7(9-4)6(2)8-3;1-11-4(5(7,8)12-2)6(9,10)13-3;1-7-4-6(9-3)5-8-2;1-4-9-6(8-3)5-7-2;1-6-4-5(7-2)8-3;1-5-4(6-2)7-3/h7H,4-6H2,1-3H3;6-7H,5H2,1-4H3;7H,2,5H2,1,3-4H3;4H,1-3H3;6H,4-5H2,1-3H3;5H,4H2,1-3H3;5H,4H2,1-3H3;4H,1-3H3/b;;;;;6-5-;;. The number of methoxy groups -OCH3 is 21. The van der Waals surface area contributed by atoms with E-state index in [9.17, 15) is 17.6 Å². The van der Waals surface area contributed by atoms with Crippen molar-refractivity contribution in [2.45, 2.75) is 83.6 Å². The lowest BCUT2D eigenvalue weighted by atomic mass is 10.2.